The van der Waals surface area contributed by atoms with Gasteiger partial charge in [-0.1, -0.05) is 24.6 Å². The Hall–Kier alpha value is -3.11. The van der Waals surface area contributed by atoms with E-state index in [0.717, 1.165) is 16.8 Å². The number of ether oxygens (including phenoxy) is 2. The van der Waals surface area contributed by atoms with Gasteiger partial charge in [0.05, 0.1) is 11.4 Å². The lowest BCUT2D eigenvalue weighted by Crippen LogP contribution is -2.33. The molecule has 0 atom stereocenters. The number of anilines is 1. The first-order chi connectivity index (χ1) is 16.3. The molecule has 1 aliphatic rings. The first-order valence-electron chi connectivity index (χ1n) is 11.3. The van der Waals surface area contributed by atoms with Crippen LogP contribution in [-0.4, -0.2) is 46.5 Å². The predicted molar refractivity (Wildman–Crippen MR) is 129 cm³/mol. The minimum atomic E-state index is -3.66. The molecule has 0 unspecified atom stereocenters. The Balaban J connectivity index is 1.31. The third-order valence-electron chi connectivity index (χ3n) is 5.39. The van der Waals surface area contributed by atoms with Crippen LogP contribution in [0.25, 0.3) is 0 Å². The molecule has 1 aliphatic heterocycles. The van der Waals surface area contributed by atoms with Crippen molar-refractivity contribution in [2.75, 3.05) is 31.6 Å². The Kier molecular flexibility index (Phi) is 8.89. The summed E-state index contributed by atoms with van der Waals surface area (Å²) in [6.45, 7) is 4.82. The largest absolute Gasteiger partial charge is 0.486 e. The van der Waals surface area contributed by atoms with Crippen LogP contribution in [0.3, 0.4) is 0 Å². The molecule has 0 saturated heterocycles. The van der Waals surface area contributed by atoms with E-state index in [4.69, 9.17) is 9.47 Å². The summed E-state index contributed by atoms with van der Waals surface area (Å²) in [6.07, 6.45) is 2.12. The summed E-state index contributed by atoms with van der Waals surface area (Å²) < 4.78 is 38.3. The molecule has 184 valence electrons. The van der Waals surface area contributed by atoms with Gasteiger partial charge in [-0.05, 0) is 49.9 Å². The molecule has 0 fully saturated rings. The Morgan fingerprint density at radius 3 is 2.35 bits per heavy atom. The average molecular weight is 490 g/mol. The summed E-state index contributed by atoms with van der Waals surface area (Å²) in [6, 6.07) is 10.3. The van der Waals surface area contributed by atoms with Gasteiger partial charge in [0.2, 0.25) is 21.8 Å². The zero-order valence-corrected chi connectivity index (χ0v) is 20.3. The molecule has 3 N–H and O–H groups in total. The lowest BCUT2D eigenvalue weighted by atomic mass is 10.1. The second kappa shape index (κ2) is 11.8. The standard InChI is InChI=1S/C24H31N3O6S/c1-17-7-6-8-18(2)24(17)27-23(29)16-25-22(28)9-4-3-5-12-26-34(30,31)19-10-11-20-21(15-19)33-14-13-32-20/h6-8,10-11,15,26H,3-5,9,12-14,16H2,1-2H3,(H,25,28)(H,27,29). The Labute approximate surface area is 200 Å². The number of rotatable bonds is 11. The monoisotopic (exact) mass is 489 g/mol. The number of amides is 2. The van der Waals surface area contributed by atoms with E-state index in [9.17, 15) is 18.0 Å². The van der Waals surface area contributed by atoms with E-state index >= 15 is 0 Å². The Morgan fingerprint density at radius 2 is 1.62 bits per heavy atom. The lowest BCUT2D eigenvalue weighted by molar-refractivity contribution is -0.124. The molecule has 3 rings (SSSR count). The van der Waals surface area contributed by atoms with Crippen molar-refractivity contribution in [2.45, 2.75) is 44.4 Å². The minimum absolute atomic E-state index is 0.0953. The van der Waals surface area contributed by atoms with Crippen molar-refractivity contribution in [3.63, 3.8) is 0 Å². The highest BCUT2D eigenvalue weighted by atomic mass is 32.2. The second-order valence-corrected chi connectivity index (χ2v) is 9.87. The summed E-state index contributed by atoms with van der Waals surface area (Å²) in [5, 5.41) is 5.45. The van der Waals surface area contributed by atoms with Gasteiger partial charge in [0.1, 0.15) is 13.2 Å². The molecular weight excluding hydrogens is 458 g/mol. The first-order valence-corrected chi connectivity index (χ1v) is 12.8. The molecule has 34 heavy (non-hydrogen) atoms. The summed E-state index contributed by atoms with van der Waals surface area (Å²) in [7, 11) is -3.66. The highest BCUT2D eigenvalue weighted by Crippen LogP contribution is 2.32. The SMILES string of the molecule is Cc1cccc(C)c1NC(=O)CNC(=O)CCCCCNS(=O)(=O)c1ccc2c(c1)OCCO2. The number of hydrogen-bond donors (Lipinski definition) is 3. The quantitative estimate of drug-likeness (QED) is 0.417. The van der Waals surface area contributed by atoms with Crippen LogP contribution in [0.15, 0.2) is 41.3 Å². The van der Waals surface area contributed by atoms with Crippen LogP contribution in [-0.2, 0) is 19.6 Å². The molecule has 10 heteroatoms. The molecule has 2 aromatic carbocycles. The number of aryl methyl sites for hydroxylation is 2. The van der Waals surface area contributed by atoms with Gasteiger partial charge in [-0.2, -0.15) is 0 Å². The summed E-state index contributed by atoms with van der Waals surface area (Å²) in [5.74, 6) is 0.460. The molecule has 0 aromatic heterocycles. The molecule has 0 radical (unpaired) electrons. The fourth-order valence-corrected chi connectivity index (χ4v) is 4.62. The fourth-order valence-electron chi connectivity index (χ4n) is 3.53. The Morgan fingerprint density at radius 1 is 0.912 bits per heavy atom. The zero-order chi connectivity index (χ0) is 24.6. The van der Waals surface area contributed by atoms with E-state index in [-0.39, 0.29) is 36.2 Å². The van der Waals surface area contributed by atoms with Gasteiger partial charge < -0.3 is 20.1 Å². The molecular formula is C24H31N3O6S. The van der Waals surface area contributed by atoms with Gasteiger partial charge in [-0.25, -0.2) is 13.1 Å². The number of sulfonamides is 1. The number of unbranched alkanes of at least 4 members (excludes halogenated alkanes) is 2. The maximum atomic E-state index is 12.5. The van der Waals surface area contributed by atoms with E-state index in [1.54, 1.807) is 6.07 Å². The van der Waals surface area contributed by atoms with Gasteiger partial charge in [0.25, 0.3) is 0 Å². The van der Waals surface area contributed by atoms with Crippen LogP contribution in [0.4, 0.5) is 5.69 Å². The van der Waals surface area contributed by atoms with Crippen molar-refractivity contribution in [3.8, 4) is 11.5 Å². The zero-order valence-electron chi connectivity index (χ0n) is 19.5. The predicted octanol–water partition coefficient (Wildman–Crippen LogP) is 2.67. The first kappa shape index (κ1) is 25.5. The molecule has 9 nitrogen and oxygen atoms in total. The topological polar surface area (TPSA) is 123 Å². The Bertz CT molecular complexity index is 1110. The van der Waals surface area contributed by atoms with Crippen LogP contribution >= 0.6 is 0 Å². The normalized spacial score (nSPS) is 12.8. The third kappa shape index (κ3) is 7.19. The van der Waals surface area contributed by atoms with Gasteiger partial charge >= 0.3 is 0 Å². The van der Waals surface area contributed by atoms with Crippen LogP contribution < -0.4 is 24.8 Å². The van der Waals surface area contributed by atoms with Gasteiger partial charge in [-0.3, -0.25) is 9.59 Å². The number of nitrogens with one attached hydrogen (secondary N) is 3. The molecule has 0 bridgehead atoms. The van der Waals surface area contributed by atoms with E-state index in [2.05, 4.69) is 15.4 Å². The van der Waals surface area contributed by atoms with E-state index in [1.807, 2.05) is 32.0 Å². The third-order valence-corrected chi connectivity index (χ3v) is 6.85. The van der Waals surface area contributed by atoms with Crippen LogP contribution in [0.2, 0.25) is 0 Å². The maximum absolute atomic E-state index is 12.5. The van der Waals surface area contributed by atoms with Crippen molar-refractivity contribution >= 4 is 27.5 Å². The summed E-state index contributed by atoms with van der Waals surface area (Å²) in [4.78, 5) is 24.2. The lowest BCUT2D eigenvalue weighted by Gasteiger charge is -2.18. The smallest absolute Gasteiger partial charge is 0.243 e. The van der Waals surface area contributed by atoms with Crippen molar-refractivity contribution in [2.24, 2.45) is 0 Å². The molecule has 1 heterocycles. The average Bonchev–Trinajstić information content (AvgIpc) is 2.82. The van der Waals surface area contributed by atoms with E-state index in [1.165, 1.54) is 12.1 Å². The number of carbonyl (C=O) groups excluding carboxylic acids is 2. The van der Waals surface area contributed by atoms with Crippen molar-refractivity contribution < 1.29 is 27.5 Å². The highest BCUT2D eigenvalue weighted by Gasteiger charge is 2.19. The van der Waals surface area contributed by atoms with Crippen molar-refractivity contribution in [3.05, 3.63) is 47.5 Å². The van der Waals surface area contributed by atoms with E-state index in [0.29, 0.717) is 44.0 Å². The number of carbonyl (C=O) groups is 2. The molecule has 2 aromatic rings. The number of hydrogen-bond acceptors (Lipinski definition) is 6. The number of benzene rings is 2. The van der Waals surface area contributed by atoms with Crippen LogP contribution in [0.1, 0.15) is 36.8 Å². The van der Waals surface area contributed by atoms with Gasteiger partial charge in [-0.15, -0.1) is 0 Å². The van der Waals surface area contributed by atoms with Crippen molar-refractivity contribution in [1.82, 2.24) is 10.0 Å². The molecule has 2 amide bonds. The highest BCUT2D eigenvalue weighted by molar-refractivity contribution is 7.89. The molecule has 0 spiro atoms. The fraction of sp³-hybridized carbons (Fsp3) is 0.417. The van der Waals surface area contributed by atoms with Gasteiger partial charge in [0, 0.05) is 24.7 Å². The second-order valence-electron chi connectivity index (χ2n) is 8.11. The molecule has 0 aliphatic carbocycles. The van der Waals surface area contributed by atoms with E-state index < -0.39 is 10.0 Å². The van der Waals surface area contributed by atoms with Gasteiger partial charge in [0.15, 0.2) is 11.5 Å². The number of para-hydroxylation sites is 1. The minimum Gasteiger partial charge on any atom is -0.486 e. The maximum Gasteiger partial charge on any atom is 0.243 e. The summed E-state index contributed by atoms with van der Waals surface area (Å²) >= 11 is 0. The van der Waals surface area contributed by atoms with Crippen molar-refractivity contribution in [1.29, 1.82) is 0 Å². The number of fused-ring (bicyclic) bond motifs is 1. The van der Waals surface area contributed by atoms with Crippen LogP contribution in [0.5, 0.6) is 11.5 Å². The summed E-state index contributed by atoms with van der Waals surface area (Å²) in [5.41, 5.74) is 2.69. The molecule has 0 saturated carbocycles. The van der Waals surface area contributed by atoms with Crippen LogP contribution in [0, 0.1) is 13.8 Å².